The summed E-state index contributed by atoms with van der Waals surface area (Å²) in [4.78, 5) is 0. The number of hydrogen-bond donors (Lipinski definition) is 1. The molecule has 2 heterocycles. The number of aliphatic hydroxyl groups excluding tert-OH is 1. The minimum atomic E-state index is -3.90. The Morgan fingerprint density at radius 1 is 1.05 bits per heavy atom. The van der Waals surface area contributed by atoms with Crippen LogP contribution < -0.4 is 0 Å². The Bertz CT molecular complexity index is 1450. The van der Waals surface area contributed by atoms with Crippen molar-refractivity contribution in [1.82, 2.24) is 13.5 Å². The van der Waals surface area contributed by atoms with Gasteiger partial charge in [-0.3, -0.25) is 0 Å². The van der Waals surface area contributed by atoms with Crippen molar-refractivity contribution in [3.63, 3.8) is 0 Å². The van der Waals surface area contributed by atoms with Gasteiger partial charge in [-0.05, 0) is 42.7 Å². The first-order chi connectivity index (χ1) is 18.7. The third-order valence-corrected chi connectivity index (χ3v) is 10.9. The van der Waals surface area contributed by atoms with Crippen molar-refractivity contribution in [3.05, 3.63) is 77.0 Å². The lowest BCUT2D eigenvalue weighted by Crippen LogP contribution is -2.56. The van der Waals surface area contributed by atoms with Gasteiger partial charge in [0, 0.05) is 49.6 Å². The van der Waals surface area contributed by atoms with Crippen molar-refractivity contribution in [2.45, 2.75) is 50.2 Å². The Kier molecular flexibility index (Phi) is 6.71. The first-order valence-corrected chi connectivity index (χ1v) is 15.2. The third-order valence-electron chi connectivity index (χ3n) is 9.25. The van der Waals surface area contributed by atoms with E-state index in [0.717, 1.165) is 47.2 Å². The second-order valence-electron chi connectivity index (χ2n) is 11.3. The van der Waals surface area contributed by atoms with Crippen LogP contribution in [0.3, 0.4) is 0 Å². The molecule has 0 bridgehead atoms. The molecule has 1 N–H and O–H groups in total. The zero-order valence-corrected chi connectivity index (χ0v) is 23.7. The molecule has 3 aromatic rings. The number of hydrogen-bond acceptors (Lipinski definition) is 6. The molecule has 0 unspecified atom stereocenters. The second kappa shape index (κ2) is 9.82. The second-order valence-corrected chi connectivity index (χ2v) is 13.2. The molecule has 1 saturated carbocycles. The van der Waals surface area contributed by atoms with Gasteiger partial charge in [0.15, 0.2) is 5.79 Å². The molecule has 0 radical (unpaired) electrons. The number of fused-ring (bicyclic) bond motifs is 3. The smallest absolute Gasteiger partial charge is 0.323 e. The predicted octanol–water partition coefficient (Wildman–Crippen LogP) is 3.76. The van der Waals surface area contributed by atoms with E-state index in [0.29, 0.717) is 31.7 Å². The van der Waals surface area contributed by atoms with Crippen LogP contribution in [0.5, 0.6) is 0 Å². The molecule has 3 aliphatic rings. The molecular weight excluding hydrogens is 514 g/mol. The first kappa shape index (κ1) is 26.7. The minimum Gasteiger partial charge on any atom is -0.396 e. The van der Waals surface area contributed by atoms with E-state index in [1.165, 1.54) is 8.39 Å². The highest BCUT2D eigenvalue weighted by Crippen LogP contribution is 2.60. The number of aliphatic hydroxyl groups is 1. The van der Waals surface area contributed by atoms with Crippen molar-refractivity contribution < 1.29 is 23.0 Å². The monoisotopic (exact) mass is 551 g/mol. The fourth-order valence-corrected chi connectivity index (χ4v) is 8.25. The standard InChI is InChI=1S/C30H37N3O5S/c1-21-26-14-13-25-27(23-11-9-22(10-12-23)15-18-34)33(39(35,36)32(2)3)31-28(25)29(26,24-7-5-4-6-8-24)16-17-30(21)37-19-20-38-30/h4-12,21,26,34H,13-20H2,1-3H3/t21-,26-,29+/m0/s1. The Hall–Kier alpha value is -2.56. The topological polar surface area (TPSA) is 93.9 Å². The number of nitrogens with zero attached hydrogens (tertiary/aromatic N) is 3. The van der Waals surface area contributed by atoms with Crippen LogP contribution in [0.25, 0.3) is 11.3 Å². The van der Waals surface area contributed by atoms with E-state index in [2.05, 4.69) is 31.2 Å². The highest BCUT2D eigenvalue weighted by Gasteiger charge is 2.61. The molecule has 1 aliphatic heterocycles. The molecular formula is C30H37N3O5S. The predicted molar refractivity (Wildman–Crippen MR) is 149 cm³/mol. The minimum absolute atomic E-state index is 0.0653. The maximum Gasteiger partial charge on any atom is 0.323 e. The summed E-state index contributed by atoms with van der Waals surface area (Å²) in [6.07, 6.45) is 3.62. The summed E-state index contributed by atoms with van der Waals surface area (Å²) < 4.78 is 42.5. The summed E-state index contributed by atoms with van der Waals surface area (Å²) in [5, 5.41) is 14.4. The molecule has 1 aromatic heterocycles. The SMILES string of the molecule is C[C@H]1[C@@H]2CCc3c(nn(S(=O)(=O)N(C)C)c3-c3ccc(CCO)cc3)[C@@]2(c2ccccc2)CCC12OCCO2. The summed E-state index contributed by atoms with van der Waals surface area (Å²) >= 11 is 0. The lowest BCUT2D eigenvalue weighted by molar-refractivity contribution is -0.232. The summed E-state index contributed by atoms with van der Waals surface area (Å²) in [6.45, 7) is 3.50. The van der Waals surface area contributed by atoms with Crippen molar-refractivity contribution in [2.75, 3.05) is 33.9 Å². The van der Waals surface area contributed by atoms with Gasteiger partial charge >= 0.3 is 10.2 Å². The van der Waals surface area contributed by atoms with Gasteiger partial charge in [-0.1, -0.05) is 61.5 Å². The maximum absolute atomic E-state index is 13.7. The fourth-order valence-electron chi connectivity index (χ4n) is 7.31. The molecule has 1 saturated heterocycles. The summed E-state index contributed by atoms with van der Waals surface area (Å²) in [7, 11) is -0.818. The average Bonchev–Trinajstić information content (AvgIpc) is 3.58. The van der Waals surface area contributed by atoms with Crippen LogP contribution in [-0.4, -0.2) is 66.7 Å². The van der Waals surface area contributed by atoms with Gasteiger partial charge in [0.2, 0.25) is 0 Å². The van der Waals surface area contributed by atoms with Crippen molar-refractivity contribution >= 4 is 10.2 Å². The van der Waals surface area contributed by atoms with Crippen LogP contribution in [0.2, 0.25) is 0 Å². The van der Waals surface area contributed by atoms with Crippen LogP contribution in [-0.2, 0) is 37.9 Å². The van der Waals surface area contributed by atoms with Gasteiger partial charge in [-0.2, -0.15) is 17.8 Å². The van der Waals surface area contributed by atoms with E-state index in [4.69, 9.17) is 14.6 Å². The van der Waals surface area contributed by atoms with Crippen LogP contribution in [0.4, 0.5) is 0 Å². The highest BCUT2D eigenvalue weighted by atomic mass is 32.2. The van der Waals surface area contributed by atoms with Gasteiger partial charge in [0.25, 0.3) is 0 Å². The normalized spacial score (nSPS) is 26.1. The Labute approximate surface area is 230 Å². The molecule has 2 aromatic carbocycles. The van der Waals surface area contributed by atoms with E-state index < -0.39 is 21.4 Å². The lowest BCUT2D eigenvalue weighted by Gasteiger charge is -2.55. The Morgan fingerprint density at radius 3 is 2.38 bits per heavy atom. The third kappa shape index (κ3) is 4.01. The van der Waals surface area contributed by atoms with Gasteiger partial charge in [0.1, 0.15) is 0 Å². The van der Waals surface area contributed by atoms with E-state index in [1.807, 2.05) is 30.3 Å². The molecule has 1 spiro atoms. The molecule has 2 fully saturated rings. The van der Waals surface area contributed by atoms with Gasteiger partial charge < -0.3 is 14.6 Å². The highest BCUT2D eigenvalue weighted by molar-refractivity contribution is 7.87. The van der Waals surface area contributed by atoms with Gasteiger partial charge in [-0.25, -0.2) is 0 Å². The van der Waals surface area contributed by atoms with Gasteiger partial charge in [0.05, 0.1) is 24.6 Å². The molecule has 2 aliphatic carbocycles. The van der Waals surface area contributed by atoms with Crippen LogP contribution in [0.15, 0.2) is 54.6 Å². The van der Waals surface area contributed by atoms with Crippen LogP contribution >= 0.6 is 0 Å². The quantitative estimate of drug-likeness (QED) is 0.502. The summed E-state index contributed by atoms with van der Waals surface area (Å²) in [5.74, 6) is -0.312. The summed E-state index contributed by atoms with van der Waals surface area (Å²) in [6, 6.07) is 18.3. The molecule has 208 valence electrons. The Balaban J connectivity index is 1.60. The van der Waals surface area contributed by atoms with E-state index in [9.17, 15) is 13.5 Å². The van der Waals surface area contributed by atoms with E-state index >= 15 is 0 Å². The van der Waals surface area contributed by atoms with E-state index in [1.54, 1.807) is 14.1 Å². The van der Waals surface area contributed by atoms with Crippen molar-refractivity contribution in [1.29, 1.82) is 0 Å². The fraction of sp³-hybridized carbons (Fsp3) is 0.500. The molecule has 6 rings (SSSR count). The van der Waals surface area contributed by atoms with Gasteiger partial charge in [-0.15, -0.1) is 4.09 Å². The first-order valence-electron chi connectivity index (χ1n) is 13.8. The van der Waals surface area contributed by atoms with Crippen LogP contribution in [0.1, 0.15) is 48.6 Å². The lowest BCUT2D eigenvalue weighted by atomic mass is 9.52. The van der Waals surface area contributed by atoms with Crippen molar-refractivity contribution in [3.8, 4) is 11.3 Å². The molecule has 8 nitrogen and oxygen atoms in total. The van der Waals surface area contributed by atoms with Crippen LogP contribution in [0, 0.1) is 11.8 Å². The molecule has 0 amide bonds. The summed E-state index contributed by atoms with van der Waals surface area (Å²) in [5.41, 5.74) is 4.97. The molecule has 39 heavy (non-hydrogen) atoms. The zero-order valence-electron chi connectivity index (χ0n) is 22.8. The average molecular weight is 552 g/mol. The largest absolute Gasteiger partial charge is 0.396 e. The van der Waals surface area contributed by atoms with E-state index in [-0.39, 0.29) is 18.4 Å². The number of benzene rings is 2. The molecule has 9 heteroatoms. The maximum atomic E-state index is 13.7. The number of aromatic nitrogens is 2. The Morgan fingerprint density at radius 2 is 1.74 bits per heavy atom. The molecule has 3 atom stereocenters. The zero-order chi connectivity index (χ0) is 27.4. The number of ether oxygens (including phenoxy) is 2. The van der Waals surface area contributed by atoms with Crippen molar-refractivity contribution in [2.24, 2.45) is 11.8 Å². The number of rotatable bonds is 6.